The molecule has 0 saturated carbocycles. The average molecular weight is 402 g/mol. The second-order valence-corrected chi connectivity index (χ2v) is 7.79. The molecule has 2 aromatic carbocycles. The molecule has 0 radical (unpaired) electrons. The Hall–Kier alpha value is -2.57. The fourth-order valence-corrected chi connectivity index (χ4v) is 2.96. The summed E-state index contributed by atoms with van der Waals surface area (Å²) in [5.74, 6) is -1.02. The standard InChI is InChI=1S/C23H31NO5/c1-15(2)14-29-23(28)21(22(27)18-11-12-19(25)20(26)13-18)24-16(3)9-10-17-7-5-4-6-8-17/h4-8,11-13,15-16,21-22,24-27H,9-10,14H2,1-3H3/t16?,21-,22?/m0/s1. The second-order valence-electron chi connectivity index (χ2n) is 7.79. The van der Waals surface area contributed by atoms with E-state index in [4.69, 9.17) is 4.74 Å². The maximum absolute atomic E-state index is 12.7. The molecule has 2 unspecified atom stereocenters. The van der Waals surface area contributed by atoms with E-state index in [0.29, 0.717) is 5.56 Å². The first kappa shape index (κ1) is 22.7. The topological polar surface area (TPSA) is 99.0 Å². The molecule has 0 saturated heterocycles. The third-order valence-electron chi connectivity index (χ3n) is 4.64. The number of aryl methyl sites for hydroxylation is 1. The van der Waals surface area contributed by atoms with Crippen LogP contribution in [0.2, 0.25) is 0 Å². The van der Waals surface area contributed by atoms with Crippen LogP contribution in [0.4, 0.5) is 0 Å². The molecule has 0 aliphatic carbocycles. The van der Waals surface area contributed by atoms with Gasteiger partial charge in [0.15, 0.2) is 11.5 Å². The number of aliphatic hydroxyl groups is 1. The molecular formula is C23H31NO5. The molecule has 0 aromatic heterocycles. The van der Waals surface area contributed by atoms with Crippen LogP contribution in [0.1, 0.15) is 44.4 Å². The summed E-state index contributed by atoms with van der Waals surface area (Å²) in [5, 5.41) is 33.2. The molecule has 0 aliphatic rings. The zero-order valence-electron chi connectivity index (χ0n) is 17.2. The van der Waals surface area contributed by atoms with Crippen LogP contribution in [-0.2, 0) is 16.0 Å². The van der Waals surface area contributed by atoms with Crippen LogP contribution in [0.5, 0.6) is 11.5 Å². The van der Waals surface area contributed by atoms with Crippen molar-refractivity contribution >= 4 is 5.97 Å². The molecule has 0 bridgehead atoms. The lowest BCUT2D eigenvalue weighted by atomic mass is 9.99. The maximum Gasteiger partial charge on any atom is 0.326 e. The van der Waals surface area contributed by atoms with Crippen LogP contribution in [0.25, 0.3) is 0 Å². The Kier molecular flexibility index (Phi) is 8.49. The van der Waals surface area contributed by atoms with E-state index in [1.54, 1.807) is 0 Å². The van der Waals surface area contributed by atoms with E-state index >= 15 is 0 Å². The lowest BCUT2D eigenvalue weighted by Crippen LogP contribution is -2.47. The first-order valence-electron chi connectivity index (χ1n) is 9.94. The lowest BCUT2D eigenvalue weighted by Gasteiger charge is -2.27. The van der Waals surface area contributed by atoms with Crippen molar-refractivity contribution in [3.05, 3.63) is 59.7 Å². The zero-order valence-corrected chi connectivity index (χ0v) is 17.2. The lowest BCUT2D eigenvalue weighted by molar-refractivity contribution is -0.150. The summed E-state index contributed by atoms with van der Waals surface area (Å²) in [6.45, 7) is 6.08. The van der Waals surface area contributed by atoms with Gasteiger partial charge in [0.05, 0.1) is 6.61 Å². The summed E-state index contributed by atoms with van der Waals surface area (Å²) in [5.41, 5.74) is 1.51. The minimum Gasteiger partial charge on any atom is -0.504 e. The number of carbonyl (C=O) groups is 1. The summed E-state index contributed by atoms with van der Waals surface area (Å²) in [4.78, 5) is 12.7. The Labute approximate surface area is 172 Å². The molecule has 158 valence electrons. The Balaban J connectivity index is 2.10. The highest BCUT2D eigenvalue weighted by Crippen LogP contribution is 2.29. The Morgan fingerprint density at radius 2 is 1.72 bits per heavy atom. The highest BCUT2D eigenvalue weighted by atomic mass is 16.5. The second kappa shape index (κ2) is 10.8. The van der Waals surface area contributed by atoms with E-state index < -0.39 is 18.1 Å². The van der Waals surface area contributed by atoms with Crippen molar-refractivity contribution < 1.29 is 24.9 Å². The maximum atomic E-state index is 12.7. The largest absolute Gasteiger partial charge is 0.504 e. The van der Waals surface area contributed by atoms with Crippen molar-refractivity contribution in [3.63, 3.8) is 0 Å². The monoisotopic (exact) mass is 401 g/mol. The molecule has 0 spiro atoms. The van der Waals surface area contributed by atoms with Crippen molar-refractivity contribution in [2.24, 2.45) is 5.92 Å². The number of aliphatic hydroxyl groups excluding tert-OH is 1. The van der Waals surface area contributed by atoms with Gasteiger partial charge >= 0.3 is 5.97 Å². The molecule has 4 N–H and O–H groups in total. The summed E-state index contributed by atoms with van der Waals surface area (Å²) in [6.07, 6.45) is 0.366. The summed E-state index contributed by atoms with van der Waals surface area (Å²) in [6, 6.07) is 13.0. The van der Waals surface area contributed by atoms with E-state index in [2.05, 4.69) is 17.4 Å². The summed E-state index contributed by atoms with van der Waals surface area (Å²) < 4.78 is 5.35. The van der Waals surface area contributed by atoms with E-state index in [1.165, 1.54) is 23.8 Å². The van der Waals surface area contributed by atoms with E-state index in [1.807, 2.05) is 39.0 Å². The van der Waals surface area contributed by atoms with Gasteiger partial charge in [-0.3, -0.25) is 10.1 Å². The van der Waals surface area contributed by atoms with Gasteiger partial charge in [0.25, 0.3) is 0 Å². The first-order chi connectivity index (χ1) is 13.8. The number of phenolic OH excluding ortho intramolecular Hbond substituents is 2. The Bertz CT molecular complexity index is 778. The number of carbonyl (C=O) groups excluding carboxylic acids is 1. The van der Waals surface area contributed by atoms with Crippen molar-refractivity contribution in [2.45, 2.75) is 51.8 Å². The molecular weight excluding hydrogens is 370 g/mol. The van der Waals surface area contributed by atoms with Crippen molar-refractivity contribution in [2.75, 3.05) is 6.61 Å². The third-order valence-corrected chi connectivity index (χ3v) is 4.64. The number of hydrogen-bond donors (Lipinski definition) is 4. The highest BCUT2D eigenvalue weighted by molar-refractivity contribution is 5.77. The van der Waals surface area contributed by atoms with Gasteiger partial charge in [0.1, 0.15) is 12.1 Å². The van der Waals surface area contributed by atoms with Gasteiger partial charge in [-0.1, -0.05) is 50.2 Å². The van der Waals surface area contributed by atoms with E-state index in [9.17, 15) is 20.1 Å². The molecule has 6 nitrogen and oxygen atoms in total. The Morgan fingerprint density at radius 1 is 1.03 bits per heavy atom. The van der Waals surface area contributed by atoms with Crippen molar-refractivity contribution in [3.8, 4) is 11.5 Å². The van der Waals surface area contributed by atoms with Crippen LogP contribution in [-0.4, -0.2) is 40.0 Å². The molecule has 2 rings (SSSR count). The zero-order chi connectivity index (χ0) is 21.4. The molecule has 0 aliphatic heterocycles. The number of hydrogen-bond acceptors (Lipinski definition) is 6. The number of ether oxygens (including phenoxy) is 1. The Morgan fingerprint density at radius 3 is 2.34 bits per heavy atom. The number of aromatic hydroxyl groups is 2. The van der Waals surface area contributed by atoms with Gasteiger partial charge in [-0.05, 0) is 48.9 Å². The number of esters is 1. The summed E-state index contributed by atoms with van der Waals surface area (Å²) >= 11 is 0. The normalized spacial score (nSPS) is 14.4. The van der Waals surface area contributed by atoms with Gasteiger partial charge < -0.3 is 20.1 Å². The van der Waals surface area contributed by atoms with Crippen LogP contribution in [0.15, 0.2) is 48.5 Å². The fraction of sp³-hybridized carbons (Fsp3) is 0.435. The quantitative estimate of drug-likeness (QED) is 0.360. The van der Waals surface area contributed by atoms with Crippen molar-refractivity contribution in [1.29, 1.82) is 0 Å². The minimum atomic E-state index is -1.24. The van der Waals surface area contributed by atoms with Crippen LogP contribution in [0.3, 0.4) is 0 Å². The molecule has 29 heavy (non-hydrogen) atoms. The molecule has 0 amide bonds. The smallest absolute Gasteiger partial charge is 0.326 e. The van der Waals surface area contributed by atoms with E-state index in [-0.39, 0.29) is 30.1 Å². The van der Waals surface area contributed by atoms with Gasteiger partial charge in [0, 0.05) is 6.04 Å². The summed E-state index contributed by atoms with van der Waals surface area (Å²) in [7, 11) is 0. The van der Waals surface area contributed by atoms with Gasteiger partial charge in [-0.2, -0.15) is 0 Å². The van der Waals surface area contributed by atoms with Gasteiger partial charge in [-0.25, -0.2) is 0 Å². The molecule has 6 heteroatoms. The van der Waals surface area contributed by atoms with Gasteiger partial charge in [0.2, 0.25) is 0 Å². The fourth-order valence-electron chi connectivity index (χ4n) is 2.96. The molecule has 0 heterocycles. The predicted octanol–water partition coefficient (Wildman–Crippen LogP) is 3.31. The number of phenols is 2. The highest BCUT2D eigenvalue weighted by Gasteiger charge is 2.31. The number of nitrogens with one attached hydrogen (secondary N) is 1. The minimum absolute atomic E-state index is 0.0628. The first-order valence-corrected chi connectivity index (χ1v) is 9.94. The average Bonchev–Trinajstić information content (AvgIpc) is 2.71. The predicted molar refractivity (Wildman–Crippen MR) is 112 cm³/mol. The van der Waals surface area contributed by atoms with E-state index in [0.717, 1.165) is 12.8 Å². The van der Waals surface area contributed by atoms with Crippen LogP contribution in [0, 0.1) is 5.92 Å². The molecule has 0 fully saturated rings. The number of rotatable bonds is 10. The molecule has 2 aromatic rings. The molecule has 3 atom stereocenters. The third kappa shape index (κ3) is 7.07. The van der Waals surface area contributed by atoms with Crippen LogP contribution >= 0.6 is 0 Å². The van der Waals surface area contributed by atoms with Gasteiger partial charge in [-0.15, -0.1) is 0 Å². The number of benzene rings is 2. The van der Waals surface area contributed by atoms with Crippen molar-refractivity contribution in [1.82, 2.24) is 5.32 Å². The van der Waals surface area contributed by atoms with Crippen LogP contribution < -0.4 is 5.32 Å². The SMILES string of the molecule is CC(C)COC(=O)[C@@H](NC(C)CCc1ccccc1)C(O)c1ccc(O)c(O)c1.